The van der Waals surface area contributed by atoms with Gasteiger partial charge < -0.3 is 112 Å². The number of carbonyl (C=O) groups is 9. The number of carbonyl (C=O) groups excluding carboxylic acids is 9. The lowest BCUT2D eigenvalue weighted by Crippen LogP contribution is -2.64. The number of esters is 1. The molecule has 5 aromatic carbocycles. The summed E-state index contributed by atoms with van der Waals surface area (Å²) in [6, 6.07) is 7.11. The van der Waals surface area contributed by atoms with E-state index >= 15 is 24.0 Å². The third-order valence-electron chi connectivity index (χ3n) is 21.0. The molecule has 7 aliphatic heterocycles. The van der Waals surface area contributed by atoms with E-state index in [0.29, 0.717) is 25.2 Å². The first-order valence-corrected chi connectivity index (χ1v) is 39.9. The highest BCUT2D eigenvalue weighted by molar-refractivity contribution is 6.32. The second-order valence-corrected chi connectivity index (χ2v) is 34.0. The molecule has 12 rings (SSSR count). The number of aliphatic hydroxyl groups is 6. The van der Waals surface area contributed by atoms with Gasteiger partial charge in [0.15, 0.2) is 41.2 Å². The molecule has 5 aromatic rings. The number of phenolic OH excluding ortho intramolecular Hbond substituents is 3. The smallest absolute Gasteiger partial charge is 0.306 e. The summed E-state index contributed by atoms with van der Waals surface area (Å²) in [7, 11) is 0. The maximum Gasteiger partial charge on any atom is 0.306 e. The predicted octanol–water partition coefficient (Wildman–Crippen LogP) is 8.21. The molecule has 638 valence electrons. The Morgan fingerprint density at radius 3 is 1.86 bits per heavy atom. The highest BCUT2D eigenvalue weighted by atomic mass is 35.5. The van der Waals surface area contributed by atoms with Crippen LogP contribution in [0.3, 0.4) is 0 Å². The SMILES string of the molecule is CC(C)CCC(=O)OC(C)(C)C.CCC(CC(C)C)C(=O)NC1C(=O)CC(CC(N)=O)C(=O)NC2C(=O)CC3C(=O)NC(C(=O)N[C@H](C(=O)CCC(C)C)c4cc(O)cc(O)c4-c4cc3ccc4O)C(O)c3ccc(c(Cl)c3)Oc3cc2cc(c3OC2OC(CO)C(O)C(O)C2OC2CC(C)(N)C(O)C(C)O2)Oc2ccc(cc2Cl)C1O. The van der Waals surface area contributed by atoms with Crippen molar-refractivity contribution in [2.75, 3.05) is 6.61 Å². The summed E-state index contributed by atoms with van der Waals surface area (Å²) in [6.45, 7) is 21.2. The fourth-order valence-corrected chi connectivity index (χ4v) is 15.1. The number of phenols is 3. The highest BCUT2D eigenvalue weighted by Crippen LogP contribution is 2.51. The summed E-state index contributed by atoms with van der Waals surface area (Å²) in [6.07, 6.45) is -18.0. The van der Waals surface area contributed by atoms with E-state index in [1.54, 1.807) is 6.92 Å². The Bertz CT molecular complexity index is 4490. The number of hydrogen-bond acceptors (Lipinski definition) is 26. The molecule has 0 spiro atoms. The summed E-state index contributed by atoms with van der Waals surface area (Å²) < 4.78 is 43.9. The van der Waals surface area contributed by atoms with E-state index in [0.717, 1.165) is 42.8 Å². The number of nitrogens with two attached hydrogens (primary N) is 2. The minimum atomic E-state index is -2.16. The number of hydrogen-bond donors (Lipinski definition) is 15. The fourth-order valence-electron chi connectivity index (χ4n) is 14.7. The second kappa shape index (κ2) is 38.8. The average Bonchev–Trinajstić information content (AvgIpc) is 0.765. The van der Waals surface area contributed by atoms with Crippen molar-refractivity contribution in [3.63, 3.8) is 0 Å². The van der Waals surface area contributed by atoms with Crippen LogP contribution in [0.5, 0.6) is 46.0 Å². The molecule has 11 bridgehead atoms. The van der Waals surface area contributed by atoms with Gasteiger partial charge in [0.1, 0.15) is 89.0 Å². The first-order chi connectivity index (χ1) is 54.9. The van der Waals surface area contributed by atoms with Crippen molar-refractivity contribution in [1.82, 2.24) is 21.3 Å². The molecule has 117 heavy (non-hydrogen) atoms. The number of halogens is 2. The molecule has 0 radical (unpaired) electrons. The monoisotopic (exact) mass is 1670 g/mol. The molecule has 7 heterocycles. The minimum absolute atomic E-state index is 0.00806. The topological polar surface area (TPSA) is 500 Å². The molecular formula is C84H108Cl2N6O25. The van der Waals surface area contributed by atoms with E-state index in [1.807, 2.05) is 48.5 Å². The van der Waals surface area contributed by atoms with Crippen LogP contribution in [0.15, 0.2) is 78.9 Å². The van der Waals surface area contributed by atoms with Crippen LogP contribution in [0, 0.1) is 29.6 Å². The van der Waals surface area contributed by atoms with Crippen molar-refractivity contribution >= 4 is 76.1 Å². The molecule has 2 saturated heterocycles. The van der Waals surface area contributed by atoms with Crippen molar-refractivity contribution in [2.24, 2.45) is 41.1 Å². The van der Waals surface area contributed by atoms with Crippen molar-refractivity contribution in [3.05, 3.63) is 117 Å². The largest absolute Gasteiger partial charge is 0.508 e. The molecule has 17 unspecified atom stereocenters. The highest BCUT2D eigenvalue weighted by Gasteiger charge is 2.52. The Kier molecular flexibility index (Phi) is 30.4. The van der Waals surface area contributed by atoms with Gasteiger partial charge in [-0.1, -0.05) is 89.9 Å². The van der Waals surface area contributed by atoms with E-state index in [-0.39, 0.29) is 103 Å². The predicted molar refractivity (Wildman–Crippen MR) is 424 cm³/mol. The first-order valence-electron chi connectivity index (χ1n) is 39.1. The number of primary amides is 1. The third-order valence-corrected chi connectivity index (χ3v) is 21.6. The molecular weight excluding hydrogens is 1560 g/mol. The number of aromatic hydroxyl groups is 3. The Balaban J connectivity index is 0.00000120. The number of ether oxygens (including phenoxy) is 7. The Morgan fingerprint density at radius 2 is 1.30 bits per heavy atom. The van der Waals surface area contributed by atoms with E-state index in [9.17, 15) is 65.1 Å². The number of fused-ring (bicyclic) bond motifs is 15. The van der Waals surface area contributed by atoms with E-state index in [1.165, 1.54) is 56.3 Å². The molecule has 2 fully saturated rings. The number of rotatable bonds is 19. The van der Waals surface area contributed by atoms with E-state index < -0.39 is 216 Å². The van der Waals surface area contributed by atoms with Crippen molar-refractivity contribution < 1.29 is 122 Å². The summed E-state index contributed by atoms with van der Waals surface area (Å²) >= 11 is 14.3. The summed E-state index contributed by atoms with van der Waals surface area (Å²) in [5.41, 5.74) is 9.02. The Labute approximate surface area is 687 Å². The Hall–Kier alpha value is -9.09. The molecule has 5 amide bonds. The van der Waals surface area contributed by atoms with Gasteiger partial charge in [-0.25, -0.2) is 0 Å². The summed E-state index contributed by atoms with van der Waals surface area (Å²) in [5, 5.41) is 115. The van der Waals surface area contributed by atoms with Gasteiger partial charge in [-0.2, -0.15) is 0 Å². The normalized spacial score (nSPS) is 27.2. The maximum atomic E-state index is 16.3. The van der Waals surface area contributed by atoms with Gasteiger partial charge in [0, 0.05) is 67.2 Å². The van der Waals surface area contributed by atoms with E-state index in [2.05, 4.69) is 35.1 Å². The Morgan fingerprint density at radius 1 is 0.692 bits per heavy atom. The van der Waals surface area contributed by atoms with Gasteiger partial charge in [-0.15, -0.1) is 0 Å². The minimum Gasteiger partial charge on any atom is -0.508 e. The zero-order valence-corrected chi connectivity index (χ0v) is 68.8. The average molecular weight is 1670 g/mol. The molecule has 0 aromatic heterocycles. The van der Waals surface area contributed by atoms with Crippen LogP contribution in [0.1, 0.15) is 205 Å². The number of ketones is 3. The standard InChI is InChI=1S/C74H88Cl2N6O23.C10H20O2/c1-8-33(17-31(4)5)69(96)81-60-48(88)21-38(24-55(77)90)70(97)79-58-37-22-52(101-50-15-11-35(62(60)91)19-43(50)75)66(105-73-67(65(94)64(93)54(29-83)103-73)104-56-28-74(7,78)68(95)32(6)100-56)53(23-37)102-51-16-12-36(20-44(51)76)63(92)61-72(99)80-59(46(86)13-9-30(2)3)42-25-39(84)26-47(87)57(42)41-18-34(10-14-45(41)85)40(27-49(58)89)71(98)82-61;1-8(2)6-7-9(11)12-10(3,4)5/h10-12,14-16,18-20,22-23,25-26,30-33,38,40,54,56,58-65,67-68,73,83-85,87,91-95H,8-9,13,17,21,24,27-29,78H2,1-7H3,(H2,77,90)(H,79,97)(H,80,99)(H,81,96)(H,82,98);8H,6-7H2,1-5H3/t32?,33?,38?,40?,54?,56?,58?,59-,60?,61?,62?,63?,64?,65?,67?,68?,73?,74?;/m0./s1. The zero-order valence-electron chi connectivity index (χ0n) is 67.3. The first kappa shape index (κ1) is 91.8. The van der Waals surface area contributed by atoms with Gasteiger partial charge in [0.05, 0.1) is 40.7 Å². The van der Waals surface area contributed by atoms with Gasteiger partial charge in [-0.3, -0.25) is 43.2 Å². The van der Waals surface area contributed by atoms with Crippen LogP contribution in [0.4, 0.5) is 0 Å². The van der Waals surface area contributed by atoms with Crippen LogP contribution in [-0.2, 0) is 62.1 Å². The van der Waals surface area contributed by atoms with Crippen LogP contribution >= 0.6 is 23.2 Å². The summed E-state index contributed by atoms with van der Waals surface area (Å²) in [4.78, 5) is 131. The van der Waals surface area contributed by atoms with Gasteiger partial charge >= 0.3 is 5.97 Å². The van der Waals surface area contributed by atoms with Gasteiger partial charge in [0.2, 0.25) is 41.6 Å². The number of Topliss-reactive ketones (excluding diaryl/α,β-unsaturated/α-hetero) is 3. The number of benzene rings is 5. The molecule has 7 aliphatic rings. The van der Waals surface area contributed by atoms with Gasteiger partial charge in [0.25, 0.3) is 0 Å². The van der Waals surface area contributed by atoms with Crippen molar-refractivity contribution in [2.45, 2.75) is 250 Å². The summed E-state index contributed by atoms with van der Waals surface area (Å²) in [5.74, 6) is -16.5. The van der Waals surface area contributed by atoms with Crippen LogP contribution in [-0.4, -0.2) is 178 Å². The maximum absolute atomic E-state index is 16.3. The van der Waals surface area contributed by atoms with E-state index in [4.69, 9.17) is 67.8 Å². The van der Waals surface area contributed by atoms with Crippen LogP contribution in [0.25, 0.3) is 11.1 Å². The lowest BCUT2D eigenvalue weighted by atomic mass is 9.84. The number of aliphatic hydroxyl groups excluding tert-OH is 6. The molecule has 31 nitrogen and oxygen atoms in total. The molecule has 17 N–H and O–H groups in total. The lowest BCUT2D eigenvalue weighted by Gasteiger charge is -2.47. The molecule has 0 aliphatic carbocycles. The number of nitrogens with one attached hydrogen (secondary N) is 4. The second-order valence-electron chi connectivity index (χ2n) is 33.1. The van der Waals surface area contributed by atoms with Crippen molar-refractivity contribution in [1.29, 1.82) is 0 Å². The van der Waals surface area contributed by atoms with Crippen LogP contribution in [0.2, 0.25) is 10.0 Å². The molecule has 0 saturated carbocycles. The van der Waals surface area contributed by atoms with Crippen LogP contribution < -0.4 is 46.9 Å². The quantitative estimate of drug-likeness (QED) is 0.0346. The fraction of sp³-hybridized carbons (Fsp3) is 0.536. The third kappa shape index (κ3) is 22.7. The zero-order chi connectivity index (χ0) is 86.3. The molecule has 18 atom stereocenters. The lowest BCUT2D eigenvalue weighted by molar-refractivity contribution is -0.333. The van der Waals surface area contributed by atoms with Gasteiger partial charge in [-0.05, 0) is 160 Å². The number of amides is 5. The van der Waals surface area contributed by atoms with Crippen molar-refractivity contribution in [3.8, 4) is 57.1 Å². The molecule has 33 heteroatoms.